The second kappa shape index (κ2) is 5.46. The average molecular weight is 223 g/mol. The summed E-state index contributed by atoms with van der Waals surface area (Å²) >= 11 is 0. The molecule has 0 radical (unpaired) electrons. The minimum atomic E-state index is 0.278. The van der Waals surface area contributed by atoms with Crippen LogP contribution in [-0.4, -0.2) is 45.5 Å². The third kappa shape index (κ3) is 2.62. The maximum Gasteiger partial charge on any atom is 0.0589 e. The molecule has 2 rings (SSSR count). The monoisotopic (exact) mass is 223 g/mol. The highest BCUT2D eigenvalue weighted by atomic mass is 16.3. The molecule has 90 valence electrons. The number of aromatic nitrogens is 2. The minimum Gasteiger partial charge on any atom is -0.395 e. The maximum absolute atomic E-state index is 9.42. The molecule has 1 aliphatic rings. The van der Waals surface area contributed by atoms with E-state index < -0.39 is 0 Å². The lowest BCUT2D eigenvalue weighted by molar-refractivity contribution is 0.0498. The molecule has 1 aromatic heterocycles. The third-order valence-electron chi connectivity index (χ3n) is 3.59. The van der Waals surface area contributed by atoms with Gasteiger partial charge in [-0.1, -0.05) is 6.92 Å². The Morgan fingerprint density at radius 3 is 3.00 bits per heavy atom. The van der Waals surface area contributed by atoms with Crippen molar-refractivity contribution in [3.05, 3.63) is 18.5 Å². The van der Waals surface area contributed by atoms with Gasteiger partial charge in [0.15, 0.2) is 0 Å². The first-order valence-corrected chi connectivity index (χ1v) is 6.13. The van der Waals surface area contributed by atoms with Crippen LogP contribution in [0.4, 0.5) is 0 Å². The molecule has 2 atom stereocenters. The molecule has 0 aliphatic carbocycles. The quantitative estimate of drug-likeness (QED) is 0.827. The van der Waals surface area contributed by atoms with Gasteiger partial charge in [0.2, 0.25) is 0 Å². The number of piperidine rings is 1. The molecule has 1 aromatic rings. The maximum atomic E-state index is 9.42. The van der Waals surface area contributed by atoms with E-state index in [1.54, 1.807) is 0 Å². The van der Waals surface area contributed by atoms with Crippen LogP contribution in [0, 0.1) is 5.92 Å². The van der Waals surface area contributed by atoms with E-state index in [-0.39, 0.29) is 6.61 Å². The number of hydrogen-bond acceptors (Lipinski definition) is 3. The van der Waals surface area contributed by atoms with Crippen molar-refractivity contribution in [3.63, 3.8) is 0 Å². The second-order valence-corrected chi connectivity index (χ2v) is 4.67. The van der Waals surface area contributed by atoms with Crippen molar-refractivity contribution in [1.29, 1.82) is 0 Å². The molecule has 1 saturated heterocycles. The molecule has 0 amide bonds. The fraction of sp³-hybridized carbons (Fsp3) is 0.750. The Morgan fingerprint density at radius 2 is 2.31 bits per heavy atom. The van der Waals surface area contributed by atoms with Crippen molar-refractivity contribution >= 4 is 0 Å². The fourth-order valence-corrected chi connectivity index (χ4v) is 2.57. The van der Waals surface area contributed by atoms with Gasteiger partial charge < -0.3 is 5.11 Å². The van der Waals surface area contributed by atoms with Gasteiger partial charge in [0, 0.05) is 25.0 Å². The number of aliphatic hydroxyl groups excluding tert-OH is 1. The second-order valence-electron chi connectivity index (χ2n) is 4.67. The number of rotatable bonds is 4. The summed E-state index contributed by atoms with van der Waals surface area (Å²) in [6.07, 6.45) is 6.28. The van der Waals surface area contributed by atoms with Crippen molar-refractivity contribution < 1.29 is 5.11 Å². The Morgan fingerprint density at radius 1 is 1.44 bits per heavy atom. The average Bonchev–Trinajstić information content (AvgIpc) is 2.79. The van der Waals surface area contributed by atoms with Gasteiger partial charge in [0.05, 0.1) is 13.2 Å². The van der Waals surface area contributed by atoms with Crippen molar-refractivity contribution in [3.8, 4) is 0 Å². The van der Waals surface area contributed by atoms with Crippen molar-refractivity contribution in [2.45, 2.75) is 32.4 Å². The standard InChI is InChI=1S/C12H21N3O/c1-11-4-2-6-14(12(11)10-16)8-9-15-7-3-5-13-15/h3,5,7,11-12,16H,2,4,6,8-10H2,1H3. The first-order chi connectivity index (χ1) is 7.81. The third-order valence-corrected chi connectivity index (χ3v) is 3.59. The zero-order chi connectivity index (χ0) is 11.4. The first-order valence-electron chi connectivity index (χ1n) is 6.13. The van der Waals surface area contributed by atoms with E-state index in [0.29, 0.717) is 12.0 Å². The first kappa shape index (κ1) is 11.6. The molecular weight excluding hydrogens is 202 g/mol. The molecule has 0 aromatic carbocycles. The van der Waals surface area contributed by atoms with Gasteiger partial charge >= 0.3 is 0 Å². The Balaban J connectivity index is 1.87. The highest BCUT2D eigenvalue weighted by molar-refractivity contribution is 4.82. The van der Waals surface area contributed by atoms with Crippen molar-refractivity contribution in [1.82, 2.24) is 14.7 Å². The summed E-state index contributed by atoms with van der Waals surface area (Å²) < 4.78 is 1.95. The summed E-state index contributed by atoms with van der Waals surface area (Å²) in [6.45, 7) is 5.52. The van der Waals surface area contributed by atoms with Gasteiger partial charge in [-0.05, 0) is 31.4 Å². The van der Waals surface area contributed by atoms with Crippen LogP contribution < -0.4 is 0 Å². The smallest absolute Gasteiger partial charge is 0.0589 e. The Hall–Kier alpha value is -0.870. The van der Waals surface area contributed by atoms with Crippen LogP contribution in [0.2, 0.25) is 0 Å². The SMILES string of the molecule is CC1CCCN(CCn2cccn2)C1CO. The van der Waals surface area contributed by atoms with Crippen molar-refractivity contribution in [2.24, 2.45) is 5.92 Å². The number of aliphatic hydroxyl groups is 1. The molecule has 2 unspecified atom stereocenters. The molecule has 0 spiro atoms. The number of likely N-dealkylation sites (tertiary alicyclic amines) is 1. The van der Waals surface area contributed by atoms with E-state index in [0.717, 1.165) is 19.6 Å². The van der Waals surface area contributed by atoms with Crippen LogP contribution in [0.3, 0.4) is 0 Å². The zero-order valence-electron chi connectivity index (χ0n) is 9.92. The molecule has 1 N–H and O–H groups in total. The summed E-state index contributed by atoms with van der Waals surface area (Å²) in [5.41, 5.74) is 0. The van der Waals surface area contributed by atoms with Crippen LogP contribution in [0.25, 0.3) is 0 Å². The lowest BCUT2D eigenvalue weighted by Crippen LogP contribution is -2.47. The van der Waals surface area contributed by atoms with E-state index >= 15 is 0 Å². The molecule has 0 bridgehead atoms. The molecular formula is C12H21N3O. The predicted molar refractivity (Wildman–Crippen MR) is 63.1 cm³/mol. The van der Waals surface area contributed by atoms with E-state index in [1.165, 1.54) is 12.8 Å². The lowest BCUT2D eigenvalue weighted by atomic mass is 9.91. The van der Waals surface area contributed by atoms with Crippen LogP contribution in [0.1, 0.15) is 19.8 Å². The van der Waals surface area contributed by atoms with E-state index in [9.17, 15) is 5.11 Å². The van der Waals surface area contributed by atoms with E-state index in [1.807, 2.05) is 23.1 Å². The molecule has 1 fully saturated rings. The molecule has 1 aliphatic heterocycles. The topological polar surface area (TPSA) is 41.3 Å². The van der Waals surface area contributed by atoms with Crippen LogP contribution >= 0.6 is 0 Å². The Labute approximate surface area is 96.9 Å². The molecule has 2 heterocycles. The van der Waals surface area contributed by atoms with Crippen LogP contribution in [0.15, 0.2) is 18.5 Å². The molecule has 16 heavy (non-hydrogen) atoms. The number of hydrogen-bond donors (Lipinski definition) is 1. The largest absolute Gasteiger partial charge is 0.395 e. The molecule has 4 nitrogen and oxygen atoms in total. The fourth-order valence-electron chi connectivity index (χ4n) is 2.57. The van der Waals surface area contributed by atoms with Gasteiger partial charge in [-0.25, -0.2) is 0 Å². The number of nitrogens with zero attached hydrogens (tertiary/aromatic N) is 3. The van der Waals surface area contributed by atoms with Gasteiger partial charge in [0.25, 0.3) is 0 Å². The Bertz CT molecular complexity index is 299. The zero-order valence-corrected chi connectivity index (χ0v) is 9.92. The predicted octanol–water partition coefficient (Wildman–Crippen LogP) is 0.976. The van der Waals surface area contributed by atoms with Gasteiger partial charge in [-0.3, -0.25) is 9.58 Å². The molecule has 4 heteroatoms. The van der Waals surface area contributed by atoms with E-state index in [4.69, 9.17) is 0 Å². The summed E-state index contributed by atoms with van der Waals surface area (Å²) in [6, 6.07) is 2.28. The van der Waals surface area contributed by atoms with Gasteiger partial charge in [-0.15, -0.1) is 0 Å². The minimum absolute atomic E-state index is 0.278. The van der Waals surface area contributed by atoms with Crippen LogP contribution in [-0.2, 0) is 6.54 Å². The summed E-state index contributed by atoms with van der Waals surface area (Å²) in [4.78, 5) is 2.40. The summed E-state index contributed by atoms with van der Waals surface area (Å²) in [5, 5.41) is 13.6. The van der Waals surface area contributed by atoms with Gasteiger partial charge in [-0.2, -0.15) is 5.10 Å². The van der Waals surface area contributed by atoms with Crippen LogP contribution in [0.5, 0.6) is 0 Å². The Kier molecular flexibility index (Phi) is 3.96. The van der Waals surface area contributed by atoms with E-state index in [2.05, 4.69) is 16.9 Å². The summed E-state index contributed by atoms with van der Waals surface area (Å²) in [5.74, 6) is 0.608. The highest BCUT2D eigenvalue weighted by Crippen LogP contribution is 2.22. The molecule has 0 saturated carbocycles. The highest BCUT2D eigenvalue weighted by Gasteiger charge is 2.27. The summed E-state index contributed by atoms with van der Waals surface area (Å²) in [7, 11) is 0. The lowest BCUT2D eigenvalue weighted by Gasteiger charge is -2.38. The van der Waals surface area contributed by atoms with Crippen molar-refractivity contribution in [2.75, 3.05) is 19.7 Å². The normalized spacial score (nSPS) is 27.1. The van der Waals surface area contributed by atoms with Gasteiger partial charge in [0.1, 0.15) is 0 Å².